The molecular weight excluding hydrogens is 140 g/mol. The molecule has 1 saturated heterocycles. The van der Waals surface area contributed by atoms with E-state index < -0.39 is 0 Å². The first kappa shape index (κ1) is 9.01. The van der Waals surface area contributed by atoms with Crippen LogP contribution in [0.3, 0.4) is 0 Å². The summed E-state index contributed by atoms with van der Waals surface area (Å²) in [7, 11) is 0. The maximum Gasteiger partial charge on any atom is 0.0807 e. The second kappa shape index (κ2) is 3.11. The molecule has 1 aliphatic heterocycles. The van der Waals surface area contributed by atoms with E-state index in [-0.39, 0.29) is 11.5 Å². The highest BCUT2D eigenvalue weighted by Gasteiger charge is 2.33. The van der Waals surface area contributed by atoms with Gasteiger partial charge in [-0.05, 0) is 17.8 Å². The molecule has 1 heterocycles. The monoisotopic (exact) mass is 158 g/mol. The highest BCUT2D eigenvalue weighted by molar-refractivity contribution is 4.82. The molecular formula is C9H18O2. The van der Waals surface area contributed by atoms with Gasteiger partial charge in [0.05, 0.1) is 12.7 Å². The highest BCUT2D eigenvalue weighted by atomic mass is 16.5. The molecule has 0 aromatic heterocycles. The van der Waals surface area contributed by atoms with E-state index in [0.717, 1.165) is 13.0 Å². The van der Waals surface area contributed by atoms with Crippen molar-refractivity contribution < 1.29 is 9.84 Å². The van der Waals surface area contributed by atoms with Crippen molar-refractivity contribution in [3.05, 3.63) is 0 Å². The Labute approximate surface area is 68.6 Å². The Morgan fingerprint density at radius 3 is 2.36 bits per heavy atom. The molecule has 0 radical (unpaired) electrons. The summed E-state index contributed by atoms with van der Waals surface area (Å²) in [5, 5.41) is 9.58. The second-order valence-electron chi connectivity index (χ2n) is 4.40. The van der Waals surface area contributed by atoms with Gasteiger partial charge in [-0.3, -0.25) is 0 Å². The van der Waals surface area contributed by atoms with Crippen molar-refractivity contribution in [2.45, 2.75) is 33.3 Å². The minimum absolute atomic E-state index is 0.212. The van der Waals surface area contributed by atoms with Crippen molar-refractivity contribution >= 4 is 0 Å². The molecule has 2 heteroatoms. The first-order valence-electron chi connectivity index (χ1n) is 4.27. The molecule has 0 bridgehead atoms. The van der Waals surface area contributed by atoms with Crippen LogP contribution < -0.4 is 0 Å². The van der Waals surface area contributed by atoms with Crippen molar-refractivity contribution in [3.8, 4) is 0 Å². The Kier molecular flexibility index (Phi) is 2.55. The quantitative estimate of drug-likeness (QED) is 0.578. The number of rotatable bonds is 0. The third-order valence-electron chi connectivity index (χ3n) is 2.44. The van der Waals surface area contributed by atoms with Crippen LogP contribution in [0.1, 0.15) is 27.2 Å². The lowest BCUT2D eigenvalue weighted by molar-refractivity contribution is -0.0765. The summed E-state index contributed by atoms with van der Waals surface area (Å²) in [6.07, 6.45) is 0.730. The molecule has 0 aromatic rings. The lowest BCUT2D eigenvalue weighted by Gasteiger charge is -2.37. The Morgan fingerprint density at radius 2 is 2.00 bits per heavy atom. The minimum atomic E-state index is -0.260. The van der Waals surface area contributed by atoms with Gasteiger partial charge >= 0.3 is 0 Å². The van der Waals surface area contributed by atoms with E-state index in [1.54, 1.807) is 0 Å². The van der Waals surface area contributed by atoms with E-state index in [0.29, 0.717) is 12.5 Å². The van der Waals surface area contributed by atoms with Gasteiger partial charge in [-0.1, -0.05) is 20.8 Å². The fraction of sp³-hybridized carbons (Fsp3) is 1.00. The standard InChI is InChI=1S/C9H18O2/c1-9(2,3)7-4-5-11-6-8(7)10/h7-8,10H,4-6H2,1-3H3/t7-,8-/m0/s1. The zero-order valence-electron chi connectivity index (χ0n) is 7.63. The van der Waals surface area contributed by atoms with Crippen LogP contribution in [-0.2, 0) is 4.74 Å². The van der Waals surface area contributed by atoms with Crippen molar-refractivity contribution in [1.82, 2.24) is 0 Å². The number of aliphatic hydroxyl groups excluding tert-OH is 1. The average molecular weight is 158 g/mol. The van der Waals surface area contributed by atoms with E-state index in [1.165, 1.54) is 0 Å². The van der Waals surface area contributed by atoms with E-state index in [2.05, 4.69) is 20.8 Å². The SMILES string of the molecule is CC(C)(C)[C@H]1CCOC[C@@H]1O. The summed E-state index contributed by atoms with van der Waals surface area (Å²) < 4.78 is 5.16. The zero-order valence-corrected chi connectivity index (χ0v) is 7.63. The fourth-order valence-electron chi connectivity index (χ4n) is 1.73. The molecule has 11 heavy (non-hydrogen) atoms. The maximum atomic E-state index is 9.58. The lowest BCUT2D eigenvalue weighted by atomic mass is 9.75. The van der Waals surface area contributed by atoms with E-state index >= 15 is 0 Å². The number of hydrogen-bond donors (Lipinski definition) is 1. The van der Waals surface area contributed by atoms with E-state index in [9.17, 15) is 5.11 Å². The maximum absolute atomic E-state index is 9.58. The van der Waals surface area contributed by atoms with Crippen LogP contribution in [0.15, 0.2) is 0 Å². The van der Waals surface area contributed by atoms with Gasteiger partial charge in [0, 0.05) is 6.61 Å². The van der Waals surface area contributed by atoms with Crippen molar-refractivity contribution in [3.63, 3.8) is 0 Å². The van der Waals surface area contributed by atoms with Gasteiger partial charge in [0.1, 0.15) is 0 Å². The fourth-order valence-corrected chi connectivity index (χ4v) is 1.73. The van der Waals surface area contributed by atoms with Crippen molar-refractivity contribution in [1.29, 1.82) is 0 Å². The van der Waals surface area contributed by atoms with Crippen LogP contribution in [0, 0.1) is 11.3 Å². The molecule has 0 amide bonds. The Bertz CT molecular complexity index is 126. The second-order valence-corrected chi connectivity index (χ2v) is 4.40. The van der Waals surface area contributed by atoms with Crippen LogP contribution in [-0.4, -0.2) is 24.4 Å². The molecule has 0 aliphatic carbocycles. The van der Waals surface area contributed by atoms with Crippen LogP contribution in [0.25, 0.3) is 0 Å². The van der Waals surface area contributed by atoms with E-state index in [4.69, 9.17) is 4.74 Å². The van der Waals surface area contributed by atoms with Crippen molar-refractivity contribution in [2.75, 3.05) is 13.2 Å². The predicted octanol–water partition coefficient (Wildman–Crippen LogP) is 1.43. The Hall–Kier alpha value is -0.0800. The highest BCUT2D eigenvalue weighted by Crippen LogP contribution is 2.33. The van der Waals surface area contributed by atoms with Crippen molar-refractivity contribution in [2.24, 2.45) is 11.3 Å². The average Bonchev–Trinajstić information content (AvgIpc) is 1.86. The third-order valence-corrected chi connectivity index (χ3v) is 2.44. The Morgan fingerprint density at radius 1 is 1.36 bits per heavy atom. The van der Waals surface area contributed by atoms with Gasteiger partial charge in [0.15, 0.2) is 0 Å². The molecule has 0 aromatic carbocycles. The number of hydrogen-bond acceptors (Lipinski definition) is 2. The molecule has 0 spiro atoms. The van der Waals surface area contributed by atoms with Crippen LogP contribution in [0.4, 0.5) is 0 Å². The first-order valence-corrected chi connectivity index (χ1v) is 4.27. The molecule has 1 aliphatic rings. The summed E-state index contributed by atoms with van der Waals surface area (Å²) in [6.45, 7) is 7.84. The molecule has 1 fully saturated rings. The van der Waals surface area contributed by atoms with Gasteiger partial charge in [-0.15, -0.1) is 0 Å². The molecule has 2 atom stereocenters. The number of ether oxygens (including phenoxy) is 1. The first-order chi connectivity index (χ1) is 5.02. The smallest absolute Gasteiger partial charge is 0.0807 e. The molecule has 0 saturated carbocycles. The summed E-state index contributed by atoms with van der Waals surface area (Å²) in [4.78, 5) is 0. The largest absolute Gasteiger partial charge is 0.390 e. The van der Waals surface area contributed by atoms with Crippen LogP contribution >= 0.6 is 0 Å². The minimum Gasteiger partial charge on any atom is -0.390 e. The van der Waals surface area contributed by atoms with Gasteiger partial charge in [0.25, 0.3) is 0 Å². The topological polar surface area (TPSA) is 29.5 Å². The molecule has 2 nitrogen and oxygen atoms in total. The normalized spacial score (nSPS) is 33.8. The predicted molar refractivity (Wildman–Crippen MR) is 44.4 cm³/mol. The van der Waals surface area contributed by atoms with Gasteiger partial charge in [-0.25, -0.2) is 0 Å². The summed E-state index contributed by atoms with van der Waals surface area (Å²) in [5.41, 5.74) is 0.212. The molecule has 66 valence electrons. The Balaban J connectivity index is 2.55. The van der Waals surface area contributed by atoms with Crippen LogP contribution in [0.5, 0.6) is 0 Å². The summed E-state index contributed by atoms with van der Waals surface area (Å²) >= 11 is 0. The molecule has 1 N–H and O–H groups in total. The number of aliphatic hydroxyl groups is 1. The summed E-state index contributed by atoms with van der Waals surface area (Å²) in [5.74, 6) is 0.399. The van der Waals surface area contributed by atoms with E-state index in [1.807, 2.05) is 0 Å². The van der Waals surface area contributed by atoms with Gasteiger partial charge < -0.3 is 9.84 Å². The lowest BCUT2D eigenvalue weighted by Crippen LogP contribution is -2.39. The molecule has 0 unspecified atom stereocenters. The van der Waals surface area contributed by atoms with Crippen LogP contribution in [0.2, 0.25) is 0 Å². The third kappa shape index (κ3) is 2.17. The zero-order chi connectivity index (χ0) is 8.48. The van der Waals surface area contributed by atoms with Gasteiger partial charge in [0.2, 0.25) is 0 Å². The van der Waals surface area contributed by atoms with Gasteiger partial charge in [-0.2, -0.15) is 0 Å². The summed E-state index contributed by atoms with van der Waals surface area (Å²) in [6, 6.07) is 0. The molecule has 1 rings (SSSR count).